The van der Waals surface area contributed by atoms with Crippen LogP contribution < -0.4 is 0 Å². The molecule has 0 N–H and O–H groups in total. The van der Waals surface area contributed by atoms with Gasteiger partial charge in [0.25, 0.3) is 0 Å². The van der Waals surface area contributed by atoms with Crippen LogP contribution in [0.5, 0.6) is 0 Å². The van der Waals surface area contributed by atoms with E-state index in [1.807, 2.05) is 0 Å². The lowest BCUT2D eigenvalue weighted by atomic mass is 9.91. The lowest BCUT2D eigenvalue weighted by molar-refractivity contribution is -0.389. The summed E-state index contributed by atoms with van der Waals surface area (Å²) < 4.78 is 5.27. The number of fused-ring (bicyclic) bond motifs is 5. The molecule has 6 nitrogen and oxygen atoms in total. The van der Waals surface area contributed by atoms with Crippen LogP contribution in [-0.2, 0) is 9.53 Å². The number of pyridine rings is 1. The van der Waals surface area contributed by atoms with E-state index in [-0.39, 0.29) is 23.8 Å². The summed E-state index contributed by atoms with van der Waals surface area (Å²) in [6, 6.07) is 1.52. The number of nitro groups is 1. The Morgan fingerprint density at radius 2 is 2.28 bits per heavy atom. The summed E-state index contributed by atoms with van der Waals surface area (Å²) in [6.45, 7) is 1.39. The fourth-order valence-electron chi connectivity index (χ4n) is 3.16. The van der Waals surface area contributed by atoms with Crippen LogP contribution >= 0.6 is 0 Å². The van der Waals surface area contributed by atoms with Crippen LogP contribution in [0, 0.1) is 10.1 Å². The highest BCUT2D eigenvalue weighted by atomic mass is 16.6. The molecular formula is C12H12N2O4. The van der Waals surface area contributed by atoms with Gasteiger partial charge in [-0.05, 0) is 34.2 Å². The number of hydrogen-bond donors (Lipinski definition) is 0. The molecule has 1 heterocycles. The van der Waals surface area contributed by atoms with E-state index >= 15 is 0 Å². The molecule has 2 aliphatic rings. The maximum Gasteiger partial charge on any atom is 0.363 e. The molecule has 0 amide bonds. The second-order valence-corrected chi connectivity index (χ2v) is 4.85. The van der Waals surface area contributed by atoms with Crippen LogP contribution in [0.15, 0.2) is 12.3 Å². The topological polar surface area (TPSA) is 82.3 Å². The van der Waals surface area contributed by atoms with Crippen molar-refractivity contribution in [1.82, 2.24) is 4.98 Å². The molecule has 2 bridgehead atoms. The Hall–Kier alpha value is -1.98. The minimum absolute atomic E-state index is 0.0931. The first-order valence-corrected chi connectivity index (χ1v) is 5.87. The standard InChI is InChI=1S/C12H12N2O4/c1-6(15)18-11-3-7-2-9(11)8-4-12(14(16)17)13-5-10(7)8/h4-5,7,9,11H,2-3H2,1H3/t7-,9-,11+/m0/s1. The summed E-state index contributed by atoms with van der Waals surface area (Å²) in [4.78, 5) is 25.1. The zero-order chi connectivity index (χ0) is 12.9. The molecule has 0 radical (unpaired) electrons. The molecule has 18 heavy (non-hydrogen) atoms. The van der Waals surface area contributed by atoms with E-state index in [0.29, 0.717) is 5.92 Å². The number of carbonyl (C=O) groups is 1. The van der Waals surface area contributed by atoms with Gasteiger partial charge in [-0.1, -0.05) is 0 Å². The van der Waals surface area contributed by atoms with Crippen LogP contribution in [0.1, 0.15) is 42.7 Å². The Morgan fingerprint density at radius 1 is 1.50 bits per heavy atom. The highest BCUT2D eigenvalue weighted by Crippen LogP contribution is 2.54. The van der Waals surface area contributed by atoms with E-state index in [9.17, 15) is 14.9 Å². The first-order chi connectivity index (χ1) is 8.56. The summed E-state index contributed by atoms with van der Waals surface area (Å²) in [5, 5.41) is 10.7. The molecule has 1 aromatic heterocycles. The molecule has 1 aromatic rings. The van der Waals surface area contributed by atoms with Gasteiger partial charge >= 0.3 is 11.8 Å². The van der Waals surface area contributed by atoms with Gasteiger partial charge in [-0.15, -0.1) is 0 Å². The average Bonchev–Trinajstić information content (AvgIpc) is 2.85. The Bertz CT molecular complexity index is 543. The van der Waals surface area contributed by atoms with Gasteiger partial charge in [0.05, 0.1) is 0 Å². The summed E-state index contributed by atoms with van der Waals surface area (Å²) >= 11 is 0. The third-order valence-corrected chi connectivity index (χ3v) is 3.80. The van der Waals surface area contributed by atoms with Crippen molar-refractivity contribution in [3.05, 3.63) is 33.5 Å². The predicted octanol–water partition coefficient (Wildman–Crippen LogP) is 1.90. The van der Waals surface area contributed by atoms with E-state index in [1.54, 1.807) is 6.20 Å². The number of carbonyl (C=O) groups excluding carboxylic acids is 1. The third kappa shape index (κ3) is 1.56. The third-order valence-electron chi connectivity index (χ3n) is 3.80. The molecular weight excluding hydrogens is 236 g/mol. The molecule has 0 aromatic carbocycles. The lowest BCUT2D eigenvalue weighted by Gasteiger charge is -2.22. The van der Waals surface area contributed by atoms with Crippen molar-refractivity contribution in [2.24, 2.45) is 0 Å². The van der Waals surface area contributed by atoms with Crippen molar-refractivity contribution in [2.75, 3.05) is 0 Å². The summed E-state index contributed by atoms with van der Waals surface area (Å²) in [5.74, 6) is -0.0150. The molecule has 1 fully saturated rings. The van der Waals surface area contributed by atoms with Gasteiger partial charge in [-0.2, -0.15) is 0 Å². The smallest absolute Gasteiger partial charge is 0.363 e. The fourth-order valence-corrected chi connectivity index (χ4v) is 3.16. The summed E-state index contributed by atoms with van der Waals surface area (Å²) in [6.07, 6.45) is 3.16. The van der Waals surface area contributed by atoms with Gasteiger partial charge in [-0.25, -0.2) is 0 Å². The number of esters is 1. The minimum Gasteiger partial charge on any atom is -0.462 e. The zero-order valence-corrected chi connectivity index (χ0v) is 9.83. The van der Waals surface area contributed by atoms with E-state index in [0.717, 1.165) is 24.0 Å². The number of hydrogen-bond acceptors (Lipinski definition) is 5. The van der Waals surface area contributed by atoms with Gasteiger partial charge in [0.2, 0.25) is 0 Å². The van der Waals surface area contributed by atoms with E-state index in [2.05, 4.69) is 4.98 Å². The largest absolute Gasteiger partial charge is 0.462 e. The highest BCUT2D eigenvalue weighted by Gasteiger charge is 2.47. The van der Waals surface area contributed by atoms with Gasteiger partial charge in [0, 0.05) is 24.5 Å². The monoisotopic (exact) mass is 248 g/mol. The fraction of sp³-hybridized carbons (Fsp3) is 0.500. The van der Waals surface area contributed by atoms with Crippen molar-refractivity contribution < 1.29 is 14.5 Å². The van der Waals surface area contributed by atoms with E-state index in [1.165, 1.54) is 13.0 Å². The molecule has 94 valence electrons. The van der Waals surface area contributed by atoms with Crippen LogP contribution in [0.4, 0.5) is 5.82 Å². The van der Waals surface area contributed by atoms with Crippen LogP contribution in [0.25, 0.3) is 0 Å². The highest BCUT2D eigenvalue weighted by molar-refractivity contribution is 5.66. The molecule has 0 unspecified atom stereocenters. The Balaban J connectivity index is 1.95. The number of aromatic nitrogens is 1. The molecule has 1 saturated carbocycles. The summed E-state index contributed by atoms with van der Waals surface area (Å²) in [7, 11) is 0. The number of rotatable bonds is 2. The van der Waals surface area contributed by atoms with E-state index < -0.39 is 4.92 Å². The Morgan fingerprint density at radius 3 is 2.94 bits per heavy atom. The second-order valence-electron chi connectivity index (χ2n) is 4.85. The molecule has 2 aliphatic carbocycles. The lowest BCUT2D eigenvalue weighted by Crippen LogP contribution is -2.22. The molecule has 0 spiro atoms. The number of nitrogens with zero attached hydrogens (tertiary/aromatic N) is 2. The normalized spacial score (nSPS) is 27.9. The van der Waals surface area contributed by atoms with Crippen molar-refractivity contribution in [1.29, 1.82) is 0 Å². The zero-order valence-electron chi connectivity index (χ0n) is 9.83. The van der Waals surface area contributed by atoms with Crippen molar-refractivity contribution >= 4 is 11.8 Å². The van der Waals surface area contributed by atoms with Crippen molar-refractivity contribution in [3.8, 4) is 0 Å². The second kappa shape index (κ2) is 3.76. The molecule has 3 rings (SSSR count). The predicted molar refractivity (Wildman–Crippen MR) is 61.2 cm³/mol. The Labute approximate surface area is 103 Å². The maximum atomic E-state index is 11.0. The van der Waals surface area contributed by atoms with Crippen LogP contribution in [0.2, 0.25) is 0 Å². The van der Waals surface area contributed by atoms with Gasteiger partial charge in [-0.3, -0.25) is 4.79 Å². The molecule has 6 heteroatoms. The molecule has 3 atom stereocenters. The Kier molecular flexibility index (Phi) is 2.33. The van der Waals surface area contributed by atoms with Crippen LogP contribution in [0.3, 0.4) is 0 Å². The average molecular weight is 248 g/mol. The number of ether oxygens (including phenoxy) is 1. The molecule has 0 saturated heterocycles. The van der Waals surface area contributed by atoms with Gasteiger partial charge < -0.3 is 14.9 Å². The first kappa shape index (κ1) is 11.1. The summed E-state index contributed by atoms with van der Waals surface area (Å²) in [5.41, 5.74) is 2.01. The van der Waals surface area contributed by atoms with Crippen LogP contribution in [-0.4, -0.2) is 22.0 Å². The molecule has 0 aliphatic heterocycles. The van der Waals surface area contributed by atoms with Gasteiger partial charge in [0.1, 0.15) is 12.3 Å². The first-order valence-electron chi connectivity index (χ1n) is 5.87. The maximum absolute atomic E-state index is 11.0. The van der Waals surface area contributed by atoms with Gasteiger partial charge in [0.15, 0.2) is 0 Å². The van der Waals surface area contributed by atoms with Crippen molar-refractivity contribution in [2.45, 2.75) is 37.7 Å². The van der Waals surface area contributed by atoms with Crippen molar-refractivity contribution in [3.63, 3.8) is 0 Å². The minimum atomic E-state index is -0.493. The quantitative estimate of drug-likeness (QED) is 0.453. The SMILES string of the molecule is CC(=O)O[C@@H]1C[C@@H]2C[C@H]1c1cc([N+](=O)[O-])ncc12. The van der Waals surface area contributed by atoms with E-state index in [4.69, 9.17) is 4.74 Å².